The lowest BCUT2D eigenvalue weighted by Gasteiger charge is -2.25. The predicted molar refractivity (Wildman–Crippen MR) is 75.7 cm³/mol. The van der Waals surface area contributed by atoms with E-state index in [-0.39, 0.29) is 5.41 Å². The summed E-state index contributed by atoms with van der Waals surface area (Å²) in [7, 11) is 1.71. The fraction of sp³-hybridized carbons (Fsp3) is 0.571. The van der Waals surface area contributed by atoms with Crippen molar-refractivity contribution in [1.82, 2.24) is 5.32 Å². The normalized spacial score (nSPS) is 11.8. The molecule has 0 aliphatic carbocycles. The average Bonchev–Trinajstić information content (AvgIpc) is 2.30. The first-order valence-corrected chi connectivity index (χ1v) is 7.01. The molecule has 1 N–H and O–H groups in total. The lowest BCUT2D eigenvalue weighted by Crippen LogP contribution is -2.33. The van der Waals surface area contributed by atoms with E-state index in [0.717, 1.165) is 12.3 Å². The molecule has 0 amide bonds. The molecule has 0 saturated carbocycles. The molecule has 17 heavy (non-hydrogen) atoms. The summed E-state index contributed by atoms with van der Waals surface area (Å²) in [4.78, 5) is 1.34. The van der Waals surface area contributed by atoms with Gasteiger partial charge in [0.25, 0.3) is 0 Å². The van der Waals surface area contributed by atoms with Gasteiger partial charge in [-0.25, -0.2) is 0 Å². The van der Waals surface area contributed by atoms with Gasteiger partial charge < -0.3 is 4.74 Å². The van der Waals surface area contributed by atoms with E-state index in [1.165, 1.54) is 10.5 Å². The van der Waals surface area contributed by atoms with Gasteiger partial charge in [-0.05, 0) is 23.4 Å². The van der Waals surface area contributed by atoms with Crippen LogP contribution in [0.2, 0.25) is 0 Å². The monoisotopic (exact) mass is 253 g/mol. The minimum Gasteiger partial charge on any atom is -0.370 e. The fourth-order valence-electron chi connectivity index (χ4n) is 1.74. The molecule has 0 radical (unpaired) electrons. The van der Waals surface area contributed by atoms with E-state index in [4.69, 9.17) is 4.74 Å². The Bertz CT molecular complexity index is 321. The second-order valence-corrected chi connectivity index (χ2v) is 6.04. The van der Waals surface area contributed by atoms with Crippen molar-refractivity contribution in [2.75, 3.05) is 26.1 Å². The van der Waals surface area contributed by atoms with Crippen molar-refractivity contribution in [3.05, 3.63) is 29.8 Å². The van der Waals surface area contributed by atoms with Crippen molar-refractivity contribution >= 4 is 11.8 Å². The van der Waals surface area contributed by atoms with Crippen molar-refractivity contribution in [1.29, 1.82) is 0 Å². The second kappa shape index (κ2) is 7.04. The fourth-order valence-corrected chi connectivity index (χ4v) is 2.40. The van der Waals surface area contributed by atoms with Gasteiger partial charge in [0.15, 0.2) is 0 Å². The van der Waals surface area contributed by atoms with Gasteiger partial charge in [0.1, 0.15) is 0 Å². The summed E-state index contributed by atoms with van der Waals surface area (Å²) in [6.07, 6.45) is 0. The number of rotatable bonds is 7. The molecule has 1 rings (SSSR count). The molecule has 0 bridgehead atoms. The van der Waals surface area contributed by atoms with Gasteiger partial charge in [-0.15, -0.1) is 11.8 Å². The number of ether oxygens (including phenoxy) is 1. The highest BCUT2D eigenvalue weighted by molar-refractivity contribution is 7.99. The number of methoxy groups -OCH3 is 1. The largest absolute Gasteiger partial charge is 0.370 e. The molecule has 0 saturated heterocycles. The molecule has 1 aromatic rings. The minimum absolute atomic E-state index is 0.133. The highest BCUT2D eigenvalue weighted by Gasteiger charge is 2.19. The topological polar surface area (TPSA) is 21.3 Å². The van der Waals surface area contributed by atoms with Crippen molar-refractivity contribution in [3.8, 4) is 0 Å². The Morgan fingerprint density at radius 1 is 1.24 bits per heavy atom. The molecule has 0 aliphatic heterocycles. The Balaban J connectivity index is 2.63. The Morgan fingerprint density at radius 2 is 1.88 bits per heavy atom. The highest BCUT2D eigenvalue weighted by atomic mass is 32.2. The molecular weight excluding hydrogens is 230 g/mol. The molecule has 0 atom stereocenters. The number of benzene rings is 1. The van der Waals surface area contributed by atoms with Gasteiger partial charge >= 0.3 is 0 Å². The molecule has 96 valence electrons. The summed E-state index contributed by atoms with van der Waals surface area (Å²) in [6.45, 7) is 8.20. The SMILES string of the molecule is CCSc1ccc(C(C)(C)CNCOC)cc1. The molecule has 2 nitrogen and oxygen atoms in total. The van der Waals surface area contributed by atoms with Crippen LogP contribution in [-0.4, -0.2) is 26.1 Å². The van der Waals surface area contributed by atoms with E-state index in [1.807, 2.05) is 11.8 Å². The molecule has 0 unspecified atom stereocenters. The lowest BCUT2D eigenvalue weighted by atomic mass is 9.85. The second-order valence-electron chi connectivity index (χ2n) is 4.70. The van der Waals surface area contributed by atoms with Crippen LogP contribution in [0.15, 0.2) is 29.2 Å². The molecule has 0 aliphatic rings. The third kappa shape index (κ3) is 4.70. The summed E-state index contributed by atoms with van der Waals surface area (Å²) in [5, 5.41) is 3.29. The lowest BCUT2D eigenvalue weighted by molar-refractivity contribution is 0.169. The summed E-state index contributed by atoms with van der Waals surface area (Å²) in [6, 6.07) is 8.88. The van der Waals surface area contributed by atoms with Gasteiger partial charge in [-0.1, -0.05) is 32.9 Å². The van der Waals surface area contributed by atoms with Gasteiger partial charge in [0.05, 0.1) is 6.73 Å². The van der Waals surface area contributed by atoms with E-state index in [2.05, 4.69) is 50.4 Å². The quantitative estimate of drug-likeness (QED) is 0.458. The first-order chi connectivity index (χ1) is 8.10. The predicted octanol–water partition coefficient (Wildman–Crippen LogP) is 3.27. The van der Waals surface area contributed by atoms with Crippen LogP contribution in [0, 0.1) is 0 Å². The van der Waals surface area contributed by atoms with Crippen LogP contribution in [0.1, 0.15) is 26.3 Å². The smallest absolute Gasteiger partial charge is 0.0961 e. The number of hydrogen-bond acceptors (Lipinski definition) is 3. The van der Waals surface area contributed by atoms with E-state index < -0.39 is 0 Å². The van der Waals surface area contributed by atoms with Crippen LogP contribution in [0.5, 0.6) is 0 Å². The Morgan fingerprint density at radius 3 is 2.41 bits per heavy atom. The van der Waals surface area contributed by atoms with E-state index >= 15 is 0 Å². The third-order valence-electron chi connectivity index (χ3n) is 2.76. The van der Waals surface area contributed by atoms with Crippen molar-refractivity contribution < 1.29 is 4.74 Å². The zero-order valence-electron chi connectivity index (χ0n) is 11.2. The van der Waals surface area contributed by atoms with Crippen LogP contribution in [0.25, 0.3) is 0 Å². The maximum absolute atomic E-state index is 5.01. The Labute approximate surface area is 109 Å². The van der Waals surface area contributed by atoms with E-state index in [9.17, 15) is 0 Å². The van der Waals surface area contributed by atoms with Gasteiger partial charge in [-0.2, -0.15) is 0 Å². The zero-order valence-corrected chi connectivity index (χ0v) is 12.1. The Hall–Kier alpha value is -0.510. The van der Waals surface area contributed by atoms with Crippen molar-refractivity contribution in [3.63, 3.8) is 0 Å². The maximum Gasteiger partial charge on any atom is 0.0961 e. The molecule has 0 aromatic heterocycles. The van der Waals surface area contributed by atoms with Crippen LogP contribution >= 0.6 is 11.8 Å². The van der Waals surface area contributed by atoms with Gasteiger partial charge in [0.2, 0.25) is 0 Å². The molecular formula is C14H23NOS. The molecule has 0 spiro atoms. The molecule has 3 heteroatoms. The number of thioether (sulfide) groups is 1. The minimum atomic E-state index is 0.133. The summed E-state index contributed by atoms with van der Waals surface area (Å²) >= 11 is 1.88. The highest BCUT2D eigenvalue weighted by Crippen LogP contribution is 2.25. The van der Waals surface area contributed by atoms with Crippen LogP contribution in [0.3, 0.4) is 0 Å². The van der Waals surface area contributed by atoms with E-state index in [1.54, 1.807) is 7.11 Å². The molecule has 0 heterocycles. The number of hydrogen-bond donors (Lipinski definition) is 1. The standard InChI is InChI=1S/C14H23NOS/c1-5-17-13-8-6-12(7-9-13)14(2,3)10-15-11-16-4/h6-9,15H,5,10-11H2,1-4H3. The first kappa shape index (κ1) is 14.6. The summed E-state index contributed by atoms with van der Waals surface area (Å²) < 4.78 is 5.01. The Kier molecular flexibility index (Phi) is 6.03. The average molecular weight is 253 g/mol. The van der Waals surface area contributed by atoms with Crippen molar-refractivity contribution in [2.24, 2.45) is 0 Å². The zero-order chi connectivity index (χ0) is 12.7. The summed E-state index contributed by atoms with van der Waals surface area (Å²) in [5.74, 6) is 1.12. The molecule has 0 fully saturated rings. The first-order valence-electron chi connectivity index (χ1n) is 6.03. The van der Waals surface area contributed by atoms with Gasteiger partial charge in [0, 0.05) is 24.0 Å². The molecule has 1 aromatic carbocycles. The van der Waals surface area contributed by atoms with E-state index in [0.29, 0.717) is 6.73 Å². The van der Waals surface area contributed by atoms with Crippen LogP contribution in [-0.2, 0) is 10.2 Å². The van der Waals surface area contributed by atoms with Crippen LogP contribution < -0.4 is 5.32 Å². The maximum atomic E-state index is 5.01. The third-order valence-corrected chi connectivity index (χ3v) is 3.65. The van der Waals surface area contributed by atoms with Gasteiger partial charge in [-0.3, -0.25) is 5.32 Å². The van der Waals surface area contributed by atoms with Crippen molar-refractivity contribution in [2.45, 2.75) is 31.1 Å². The number of nitrogens with one attached hydrogen (secondary N) is 1. The summed E-state index contributed by atoms with van der Waals surface area (Å²) in [5.41, 5.74) is 1.50. The van der Waals surface area contributed by atoms with Crippen LogP contribution in [0.4, 0.5) is 0 Å².